The number of aromatic nitrogens is 3. The second-order valence-corrected chi connectivity index (χ2v) is 2.37. The molecule has 0 spiro atoms. The minimum absolute atomic E-state index is 0.478. The van der Waals surface area contributed by atoms with Gasteiger partial charge in [0.2, 0.25) is 5.82 Å². The number of alkyl halides is 3. The first kappa shape index (κ1) is 10.5. The van der Waals surface area contributed by atoms with Crippen LogP contribution < -0.4 is 0 Å². The van der Waals surface area contributed by atoms with E-state index < -0.39 is 23.8 Å². The second-order valence-electron chi connectivity index (χ2n) is 2.37. The van der Waals surface area contributed by atoms with Crippen LogP contribution in [-0.2, 0) is 18.0 Å². The fraction of sp³-hybridized carbons (Fsp3) is 0.500. The van der Waals surface area contributed by atoms with Crippen molar-refractivity contribution in [1.29, 1.82) is 0 Å². The standard InChI is InChI=1S/C6H6F3N3O2/c1-12-5(6(7,8)9)10-3(11-12)4(13)14-2/h1-2H3. The molecular formula is C6H6F3N3O2. The van der Waals surface area contributed by atoms with Gasteiger partial charge in [-0.25, -0.2) is 9.48 Å². The van der Waals surface area contributed by atoms with Crippen molar-refractivity contribution in [1.82, 2.24) is 14.8 Å². The largest absolute Gasteiger partial charge is 0.463 e. The van der Waals surface area contributed by atoms with E-state index in [0.717, 1.165) is 14.2 Å². The van der Waals surface area contributed by atoms with E-state index in [-0.39, 0.29) is 0 Å². The third-order valence-corrected chi connectivity index (χ3v) is 1.38. The molecule has 0 aliphatic heterocycles. The zero-order chi connectivity index (χ0) is 10.9. The highest BCUT2D eigenvalue weighted by Gasteiger charge is 2.38. The molecule has 8 heteroatoms. The summed E-state index contributed by atoms with van der Waals surface area (Å²) < 4.78 is 41.1. The molecule has 5 nitrogen and oxygen atoms in total. The van der Waals surface area contributed by atoms with Gasteiger partial charge in [-0.05, 0) is 0 Å². The molecular weight excluding hydrogens is 203 g/mol. The third kappa shape index (κ3) is 1.83. The number of rotatable bonds is 1. The van der Waals surface area contributed by atoms with Crippen molar-refractivity contribution < 1.29 is 22.7 Å². The summed E-state index contributed by atoms with van der Waals surface area (Å²) in [6, 6.07) is 0. The lowest BCUT2D eigenvalue weighted by Gasteiger charge is -2.02. The maximum atomic E-state index is 12.2. The number of hydrogen-bond acceptors (Lipinski definition) is 4. The second kappa shape index (κ2) is 3.28. The predicted octanol–water partition coefficient (Wildman–Crippen LogP) is 0.621. The highest BCUT2D eigenvalue weighted by atomic mass is 19.4. The lowest BCUT2D eigenvalue weighted by molar-refractivity contribution is -0.147. The van der Waals surface area contributed by atoms with Crippen molar-refractivity contribution in [3.63, 3.8) is 0 Å². The molecule has 1 heterocycles. The van der Waals surface area contributed by atoms with Crippen LogP contribution in [0.2, 0.25) is 0 Å². The number of carbonyl (C=O) groups excluding carboxylic acids is 1. The molecule has 0 bridgehead atoms. The average Bonchev–Trinajstić information content (AvgIpc) is 2.45. The van der Waals surface area contributed by atoms with Gasteiger partial charge in [0.15, 0.2) is 0 Å². The molecule has 1 aromatic rings. The Morgan fingerprint density at radius 3 is 2.43 bits per heavy atom. The summed E-state index contributed by atoms with van der Waals surface area (Å²) in [7, 11) is 2.08. The van der Waals surface area contributed by atoms with E-state index in [1.54, 1.807) is 0 Å². The number of halogens is 3. The Morgan fingerprint density at radius 2 is 2.07 bits per heavy atom. The van der Waals surface area contributed by atoms with Crippen molar-refractivity contribution in [2.45, 2.75) is 6.18 Å². The first-order valence-corrected chi connectivity index (χ1v) is 3.43. The van der Waals surface area contributed by atoms with Crippen molar-refractivity contribution in [3.05, 3.63) is 11.6 Å². The van der Waals surface area contributed by atoms with Gasteiger partial charge in [-0.3, -0.25) is 0 Å². The maximum Gasteiger partial charge on any atom is 0.451 e. The Kier molecular flexibility index (Phi) is 2.45. The molecule has 1 rings (SSSR count). The Hall–Kier alpha value is -1.60. The van der Waals surface area contributed by atoms with Crippen molar-refractivity contribution >= 4 is 5.97 Å². The highest BCUT2D eigenvalue weighted by Crippen LogP contribution is 2.26. The summed E-state index contributed by atoms with van der Waals surface area (Å²) in [5.74, 6) is -2.85. The molecule has 0 fully saturated rings. The number of carbonyl (C=O) groups is 1. The lowest BCUT2D eigenvalue weighted by Crippen LogP contribution is -2.13. The quantitative estimate of drug-likeness (QED) is 0.636. The molecule has 78 valence electrons. The smallest absolute Gasteiger partial charge is 0.451 e. The predicted molar refractivity (Wildman–Crippen MR) is 37.3 cm³/mol. The van der Waals surface area contributed by atoms with E-state index in [9.17, 15) is 18.0 Å². The van der Waals surface area contributed by atoms with Gasteiger partial charge in [0.05, 0.1) is 7.11 Å². The van der Waals surface area contributed by atoms with Gasteiger partial charge in [0, 0.05) is 7.05 Å². The molecule has 0 aromatic carbocycles. The molecule has 14 heavy (non-hydrogen) atoms. The lowest BCUT2D eigenvalue weighted by atomic mass is 10.6. The summed E-state index contributed by atoms with van der Waals surface area (Å²) in [4.78, 5) is 13.8. The van der Waals surface area contributed by atoms with Crippen molar-refractivity contribution in [2.24, 2.45) is 7.05 Å². The topological polar surface area (TPSA) is 57.0 Å². The fourth-order valence-corrected chi connectivity index (χ4v) is 0.809. The van der Waals surface area contributed by atoms with Crippen LogP contribution in [0.15, 0.2) is 0 Å². The summed E-state index contributed by atoms with van der Waals surface area (Å²) in [5, 5.41) is 3.26. The molecule has 0 atom stereocenters. The van der Waals surface area contributed by atoms with Gasteiger partial charge in [0.25, 0.3) is 5.82 Å². The first-order chi connectivity index (χ1) is 6.36. The molecule has 0 radical (unpaired) electrons. The average molecular weight is 209 g/mol. The van der Waals surface area contributed by atoms with E-state index in [0.29, 0.717) is 4.68 Å². The van der Waals surface area contributed by atoms with Gasteiger partial charge in [-0.15, -0.1) is 5.10 Å². The van der Waals surface area contributed by atoms with Crippen LogP contribution in [-0.4, -0.2) is 27.8 Å². The van der Waals surface area contributed by atoms with Gasteiger partial charge in [-0.1, -0.05) is 0 Å². The van der Waals surface area contributed by atoms with Gasteiger partial charge < -0.3 is 4.74 Å². The third-order valence-electron chi connectivity index (χ3n) is 1.38. The van der Waals surface area contributed by atoms with E-state index >= 15 is 0 Å². The Balaban J connectivity index is 3.12. The van der Waals surface area contributed by atoms with E-state index in [1.807, 2.05) is 0 Å². The summed E-state index contributed by atoms with van der Waals surface area (Å²) in [6.45, 7) is 0. The van der Waals surface area contributed by atoms with Crippen LogP contribution in [0.1, 0.15) is 16.4 Å². The van der Waals surface area contributed by atoms with Crippen LogP contribution in [0.3, 0.4) is 0 Å². The van der Waals surface area contributed by atoms with E-state index in [2.05, 4.69) is 14.8 Å². The summed E-state index contributed by atoms with van der Waals surface area (Å²) >= 11 is 0. The van der Waals surface area contributed by atoms with Gasteiger partial charge in [0.1, 0.15) is 0 Å². The number of nitrogens with zero attached hydrogens (tertiary/aromatic N) is 3. The van der Waals surface area contributed by atoms with Crippen molar-refractivity contribution in [2.75, 3.05) is 7.11 Å². The number of hydrogen-bond donors (Lipinski definition) is 0. The number of esters is 1. The number of ether oxygens (including phenoxy) is 1. The number of methoxy groups -OCH3 is 1. The molecule has 1 aromatic heterocycles. The normalized spacial score (nSPS) is 11.5. The minimum atomic E-state index is -4.63. The molecule has 0 unspecified atom stereocenters. The van der Waals surface area contributed by atoms with Crippen LogP contribution in [0, 0.1) is 0 Å². The Bertz CT molecular complexity index is 358. The zero-order valence-electron chi connectivity index (χ0n) is 7.29. The molecule has 0 aliphatic carbocycles. The zero-order valence-corrected chi connectivity index (χ0v) is 7.29. The Morgan fingerprint density at radius 1 is 1.50 bits per heavy atom. The molecule has 0 saturated heterocycles. The molecule has 0 amide bonds. The van der Waals surface area contributed by atoms with Crippen LogP contribution in [0.4, 0.5) is 13.2 Å². The highest BCUT2D eigenvalue weighted by molar-refractivity contribution is 5.84. The molecule has 0 saturated carbocycles. The Labute approximate surface area is 76.5 Å². The summed E-state index contributed by atoms with van der Waals surface area (Å²) in [5.41, 5.74) is 0. The van der Waals surface area contributed by atoms with Crippen LogP contribution >= 0.6 is 0 Å². The maximum absolute atomic E-state index is 12.2. The van der Waals surface area contributed by atoms with E-state index in [1.165, 1.54) is 0 Å². The van der Waals surface area contributed by atoms with E-state index in [4.69, 9.17) is 0 Å². The SMILES string of the molecule is COC(=O)c1nc(C(F)(F)F)n(C)n1. The van der Waals surface area contributed by atoms with Gasteiger partial charge >= 0.3 is 12.1 Å². The molecule has 0 N–H and O–H groups in total. The summed E-state index contributed by atoms with van der Waals surface area (Å²) in [6.07, 6.45) is -4.63. The van der Waals surface area contributed by atoms with Crippen molar-refractivity contribution in [3.8, 4) is 0 Å². The fourth-order valence-electron chi connectivity index (χ4n) is 0.809. The monoisotopic (exact) mass is 209 g/mol. The van der Waals surface area contributed by atoms with Crippen LogP contribution in [0.25, 0.3) is 0 Å². The van der Waals surface area contributed by atoms with Crippen LogP contribution in [0.5, 0.6) is 0 Å². The molecule has 0 aliphatic rings. The number of aryl methyl sites for hydroxylation is 1. The first-order valence-electron chi connectivity index (χ1n) is 3.43. The minimum Gasteiger partial charge on any atom is -0.463 e. The van der Waals surface area contributed by atoms with Gasteiger partial charge in [-0.2, -0.15) is 18.2 Å².